The first kappa shape index (κ1) is 12.3. The molecule has 88 valence electrons. The highest BCUT2D eigenvalue weighted by molar-refractivity contribution is 9.10. The van der Waals surface area contributed by atoms with E-state index in [9.17, 15) is 4.39 Å². The molecule has 2 nitrogen and oxygen atoms in total. The van der Waals surface area contributed by atoms with Crippen molar-refractivity contribution in [2.45, 2.75) is 6.61 Å². The number of nitrogens with zero attached hydrogens (tertiary/aromatic N) is 1. The average Bonchev–Trinajstić information content (AvgIpc) is 2.79. The van der Waals surface area contributed by atoms with Crippen LogP contribution in [0.2, 0.25) is 0 Å². The lowest BCUT2D eigenvalue weighted by Gasteiger charge is -2.01. The topological polar surface area (TPSA) is 21.6 Å². The van der Waals surface area contributed by atoms with Crippen LogP contribution in [0.3, 0.4) is 0 Å². The third-order valence-corrected chi connectivity index (χ3v) is 3.33. The van der Waals surface area contributed by atoms with Gasteiger partial charge < -0.3 is 4.84 Å². The molecule has 0 N–H and O–H groups in total. The van der Waals surface area contributed by atoms with Crippen molar-refractivity contribution >= 4 is 33.5 Å². The Kier molecular flexibility index (Phi) is 4.28. The van der Waals surface area contributed by atoms with Crippen LogP contribution in [-0.2, 0) is 11.4 Å². The van der Waals surface area contributed by atoms with E-state index in [-0.39, 0.29) is 12.4 Å². The molecule has 0 fully saturated rings. The maximum Gasteiger partial charge on any atom is 0.145 e. The Morgan fingerprint density at radius 2 is 2.29 bits per heavy atom. The Hall–Kier alpha value is -1.20. The molecule has 1 aromatic heterocycles. The van der Waals surface area contributed by atoms with E-state index in [4.69, 9.17) is 4.84 Å². The predicted octanol–water partition coefficient (Wildman–Crippen LogP) is 4.20. The summed E-state index contributed by atoms with van der Waals surface area (Å²) >= 11 is 4.76. The minimum atomic E-state index is -0.300. The molecular formula is C12H9BrFNOS. The Bertz CT molecular complexity index is 513. The zero-order chi connectivity index (χ0) is 12.1. The number of thiophene rings is 1. The zero-order valence-corrected chi connectivity index (χ0v) is 11.2. The maximum absolute atomic E-state index is 13.4. The van der Waals surface area contributed by atoms with Crippen LogP contribution in [0.1, 0.15) is 10.4 Å². The number of hydrogen-bond acceptors (Lipinski definition) is 3. The SMILES string of the molecule is Fc1cc(Br)ccc1CON=Cc1cccs1. The fourth-order valence-corrected chi connectivity index (χ4v) is 2.11. The Morgan fingerprint density at radius 3 is 3.00 bits per heavy atom. The van der Waals surface area contributed by atoms with Gasteiger partial charge in [-0.05, 0) is 23.6 Å². The molecule has 2 aromatic rings. The van der Waals surface area contributed by atoms with E-state index in [0.29, 0.717) is 10.0 Å². The fourth-order valence-electron chi connectivity index (χ4n) is 1.20. The number of benzene rings is 1. The van der Waals surface area contributed by atoms with Gasteiger partial charge in [0.1, 0.15) is 12.4 Å². The first-order valence-corrected chi connectivity index (χ1v) is 6.56. The lowest BCUT2D eigenvalue weighted by Crippen LogP contribution is -1.92. The molecule has 17 heavy (non-hydrogen) atoms. The molecule has 0 aliphatic carbocycles. The van der Waals surface area contributed by atoms with Gasteiger partial charge in [-0.15, -0.1) is 11.3 Å². The summed E-state index contributed by atoms with van der Waals surface area (Å²) in [5.41, 5.74) is 0.483. The molecule has 0 saturated heterocycles. The van der Waals surface area contributed by atoms with Crippen LogP contribution in [0.15, 0.2) is 45.3 Å². The molecule has 0 bridgehead atoms. The van der Waals surface area contributed by atoms with Gasteiger partial charge >= 0.3 is 0 Å². The summed E-state index contributed by atoms with van der Waals surface area (Å²) in [4.78, 5) is 6.04. The molecule has 1 aromatic carbocycles. The van der Waals surface area contributed by atoms with Crippen molar-refractivity contribution < 1.29 is 9.23 Å². The largest absolute Gasteiger partial charge is 0.391 e. The predicted molar refractivity (Wildman–Crippen MR) is 70.8 cm³/mol. The van der Waals surface area contributed by atoms with E-state index < -0.39 is 0 Å². The van der Waals surface area contributed by atoms with Crippen LogP contribution >= 0.6 is 27.3 Å². The second kappa shape index (κ2) is 5.93. The molecule has 1 heterocycles. The molecule has 0 radical (unpaired) electrons. The van der Waals surface area contributed by atoms with Crippen LogP contribution < -0.4 is 0 Å². The van der Waals surface area contributed by atoms with Crippen molar-refractivity contribution in [3.05, 3.63) is 56.4 Å². The maximum atomic E-state index is 13.4. The molecule has 2 rings (SSSR count). The van der Waals surface area contributed by atoms with Gasteiger partial charge in [0, 0.05) is 14.9 Å². The quantitative estimate of drug-likeness (QED) is 0.612. The highest BCUT2D eigenvalue weighted by Gasteiger charge is 2.02. The van der Waals surface area contributed by atoms with Crippen molar-refractivity contribution in [1.82, 2.24) is 0 Å². The van der Waals surface area contributed by atoms with Gasteiger partial charge in [-0.2, -0.15) is 0 Å². The third-order valence-electron chi connectivity index (χ3n) is 2.03. The van der Waals surface area contributed by atoms with E-state index in [1.165, 1.54) is 6.07 Å². The Labute approximate surface area is 111 Å². The number of halogens is 2. The van der Waals surface area contributed by atoms with Gasteiger partial charge in [0.05, 0.1) is 6.21 Å². The summed E-state index contributed by atoms with van der Waals surface area (Å²) in [5, 5.41) is 5.73. The van der Waals surface area contributed by atoms with Crippen molar-refractivity contribution in [1.29, 1.82) is 0 Å². The zero-order valence-electron chi connectivity index (χ0n) is 8.77. The summed E-state index contributed by atoms with van der Waals surface area (Å²) in [7, 11) is 0. The summed E-state index contributed by atoms with van der Waals surface area (Å²) in [6.45, 7) is 0.126. The van der Waals surface area contributed by atoms with Gasteiger partial charge in [-0.1, -0.05) is 33.2 Å². The minimum Gasteiger partial charge on any atom is -0.391 e. The lowest BCUT2D eigenvalue weighted by molar-refractivity contribution is 0.129. The van der Waals surface area contributed by atoms with E-state index in [1.807, 2.05) is 17.5 Å². The molecular weight excluding hydrogens is 305 g/mol. The van der Waals surface area contributed by atoms with E-state index in [2.05, 4.69) is 21.1 Å². The Morgan fingerprint density at radius 1 is 1.41 bits per heavy atom. The number of rotatable bonds is 4. The fraction of sp³-hybridized carbons (Fsp3) is 0.0833. The van der Waals surface area contributed by atoms with Crippen molar-refractivity contribution in [2.75, 3.05) is 0 Å². The lowest BCUT2D eigenvalue weighted by atomic mass is 10.2. The second-order valence-corrected chi connectivity index (χ2v) is 5.15. The minimum absolute atomic E-state index is 0.126. The molecule has 0 aliphatic rings. The number of hydrogen-bond donors (Lipinski definition) is 0. The summed E-state index contributed by atoms with van der Waals surface area (Å²) in [5.74, 6) is -0.300. The standard InChI is InChI=1S/C12H9BrFNOS/c13-10-4-3-9(12(14)6-10)8-16-15-7-11-2-1-5-17-11/h1-7H,8H2. The van der Waals surface area contributed by atoms with Crippen LogP contribution in [0, 0.1) is 5.82 Å². The normalized spacial score (nSPS) is 10.9. The van der Waals surface area contributed by atoms with Gasteiger partial charge in [0.15, 0.2) is 0 Å². The van der Waals surface area contributed by atoms with Crippen molar-refractivity contribution in [2.24, 2.45) is 5.16 Å². The number of oxime groups is 1. The van der Waals surface area contributed by atoms with Crippen LogP contribution in [0.4, 0.5) is 4.39 Å². The molecule has 0 spiro atoms. The molecule has 5 heteroatoms. The smallest absolute Gasteiger partial charge is 0.145 e. The van der Waals surface area contributed by atoms with Gasteiger partial charge in [0.2, 0.25) is 0 Å². The highest BCUT2D eigenvalue weighted by Crippen LogP contribution is 2.16. The van der Waals surface area contributed by atoms with Crippen LogP contribution in [0.5, 0.6) is 0 Å². The molecule has 0 unspecified atom stereocenters. The molecule has 0 amide bonds. The van der Waals surface area contributed by atoms with E-state index in [1.54, 1.807) is 29.7 Å². The van der Waals surface area contributed by atoms with Gasteiger partial charge in [-0.25, -0.2) is 4.39 Å². The molecule has 0 saturated carbocycles. The van der Waals surface area contributed by atoms with Crippen LogP contribution in [0.25, 0.3) is 0 Å². The summed E-state index contributed by atoms with van der Waals surface area (Å²) in [6, 6.07) is 8.70. The van der Waals surface area contributed by atoms with Gasteiger partial charge in [-0.3, -0.25) is 0 Å². The molecule has 0 atom stereocenters. The summed E-state index contributed by atoms with van der Waals surface area (Å²) in [6.07, 6.45) is 1.61. The second-order valence-electron chi connectivity index (χ2n) is 3.26. The monoisotopic (exact) mass is 313 g/mol. The van der Waals surface area contributed by atoms with Crippen molar-refractivity contribution in [3.8, 4) is 0 Å². The molecule has 0 aliphatic heterocycles. The van der Waals surface area contributed by atoms with E-state index >= 15 is 0 Å². The van der Waals surface area contributed by atoms with Crippen molar-refractivity contribution in [3.63, 3.8) is 0 Å². The highest BCUT2D eigenvalue weighted by atomic mass is 79.9. The van der Waals surface area contributed by atoms with Gasteiger partial charge in [0.25, 0.3) is 0 Å². The summed E-state index contributed by atoms with van der Waals surface area (Å²) < 4.78 is 14.1. The first-order chi connectivity index (χ1) is 8.25. The Balaban J connectivity index is 1.90. The first-order valence-electron chi connectivity index (χ1n) is 4.88. The van der Waals surface area contributed by atoms with Crippen LogP contribution in [-0.4, -0.2) is 6.21 Å². The average molecular weight is 314 g/mol. The third kappa shape index (κ3) is 3.64. The van der Waals surface area contributed by atoms with E-state index in [0.717, 1.165) is 4.88 Å².